The van der Waals surface area contributed by atoms with Gasteiger partial charge in [0.05, 0.1) is 18.1 Å². The van der Waals surface area contributed by atoms with Crippen molar-refractivity contribution in [1.29, 1.82) is 0 Å². The summed E-state index contributed by atoms with van der Waals surface area (Å²) >= 11 is 6.17. The predicted octanol–water partition coefficient (Wildman–Crippen LogP) is 5.08. The Morgan fingerprint density at radius 3 is 2.88 bits per heavy atom. The van der Waals surface area contributed by atoms with Crippen molar-refractivity contribution >= 4 is 23.0 Å². The van der Waals surface area contributed by atoms with E-state index < -0.39 is 4.92 Å². The molecule has 2 aromatic carbocycles. The van der Waals surface area contributed by atoms with Gasteiger partial charge in [-0.15, -0.1) is 0 Å². The molecule has 1 aliphatic heterocycles. The Morgan fingerprint density at radius 1 is 1.28 bits per heavy atom. The van der Waals surface area contributed by atoms with Crippen LogP contribution in [-0.4, -0.2) is 12.0 Å². The zero-order valence-corrected chi connectivity index (χ0v) is 14.4. The van der Waals surface area contributed by atoms with Crippen molar-refractivity contribution in [3.63, 3.8) is 0 Å². The van der Waals surface area contributed by atoms with Crippen LogP contribution in [0.3, 0.4) is 0 Å². The van der Waals surface area contributed by atoms with Gasteiger partial charge in [0.15, 0.2) is 5.75 Å². The fourth-order valence-electron chi connectivity index (χ4n) is 3.94. The number of hydrogen-bond acceptors (Lipinski definition) is 4. The van der Waals surface area contributed by atoms with Crippen LogP contribution in [0.25, 0.3) is 0 Å². The SMILES string of the molecule is COc1ccc([C@@H]2Nc3ccc(Cl)cc3[C@@H]3C=CC[C@H]32)cc1[N+](=O)[O-]. The fourth-order valence-corrected chi connectivity index (χ4v) is 4.12. The van der Waals surface area contributed by atoms with E-state index >= 15 is 0 Å². The molecule has 0 saturated carbocycles. The molecule has 1 aliphatic carbocycles. The highest BCUT2D eigenvalue weighted by atomic mass is 35.5. The monoisotopic (exact) mass is 356 g/mol. The van der Waals surface area contributed by atoms with E-state index in [-0.39, 0.29) is 23.4 Å². The fraction of sp³-hybridized carbons (Fsp3) is 0.263. The van der Waals surface area contributed by atoms with Gasteiger partial charge in [0, 0.05) is 22.7 Å². The number of hydrogen-bond donors (Lipinski definition) is 1. The number of nitrogens with one attached hydrogen (secondary N) is 1. The van der Waals surface area contributed by atoms with E-state index in [9.17, 15) is 10.1 Å². The Hall–Kier alpha value is -2.53. The van der Waals surface area contributed by atoms with Crippen molar-refractivity contribution in [2.75, 3.05) is 12.4 Å². The number of fused-ring (bicyclic) bond motifs is 3. The number of methoxy groups -OCH3 is 1. The lowest BCUT2D eigenvalue weighted by Crippen LogP contribution is -2.29. The molecule has 4 rings (SSSR count). The third kappa shape index (κ3) is 2.65. The molecular formula is C19H17ClN2O3. The zero-order valence-electron chi connectivity index (χ0n) is 13.6. The number of nitrogens with zero attached hydrogens (tertiary/aromatic N) is 1. The van der Waals surface area contributed by atoms with Gasteiger partial charge in [-0.1, -0.05) is 29.8 Å². The molecule has 2 aliphatic rings. The van der Waals surface area contributed by atoms with Gasteiger partial charge in [-0.2, -0.15) is 0 Å². The molecular weight excluding hydrogens is 340 g/mol. The van der Waals surface area contributed by atoms with Crippen LogP contribution in [0.15, 0.2) is 48.6 Å². The van der Waals surface area contributed by atoms with Crippen LogP contribution in [0.5, 0.6) is 5.75 Å². The van der Waals surface area contributed by atoms with Crippen LogP contribution >= 0.6 is 11.6 Å². The number of halogens is 1. The number of anilines is 1. The summed E-state index contributed by atoms with van der Waals surface area (Å²) in [4.78, 5) is 11.0. The summed E-state index contributed by atoms with van der Waals surface area (Å²) in [5, 5.41) is 15.6. The Morgan fingerprint density at radius 2 is 2.12 bits per heavy atom. The molecule has 6 heteroatoms. The van der Waals surface area contributed by atoms with Crippen LogP contribution in [0.4, 0.5) is 11.4 Å². The first-order valence-electron chi connectivity index (χ1n) is 8.13. The van der Waals surface area contributed by atoms with Crippen LogP contribution in [-0.2, 0) is 0 Å². The molecule has 0 spiro atoms. The van der Waals surface area contributed by atoms with Gasteiger partial charge in [-0.3, -0.25) is 10.1 Å². The first-order chi connectivity index (χ1) is 12.1. The molecule has 0 aromatic heterocycles. The van der Waals surface area contributed by atoms with Crippen molar-refractivity contribution in [3.05, 3.63) is 74.8 Å². The molecule has 0 unspecified atom stereocenters. The Kier molecular flexibility index (Phi) is 3.88. The quantitative estimate of drug-likeness (QED) is 0.473. The second kappa shape index (κ2) is 6.08. The summed E-state index contributed by atoms with van der Waals surface area (Å²) < 4.78 is 5.12. The van der Waals surface area contributed by atoms with Crippen molar-refractivity contribution in [1.82, 2.24) is 0 Å². The average molecular weight is 357 g/mol. The maximum Gasteiger partial charge on any atom is 0.311 e. The smallest absolute Gasteiger partial charge is 0.311 e. The molecule has 1 N–H and O–H groups in total. The van der Waals surface area contributed by atoms with Crippen molar-refractivity contribution in [3.8, 4) is 5.75 Å². The lowest BCUT2D eigenvalue weighted by atomic mass is 9.77. The van der Waals surface area contributed by atoms with Gasteiger partial charge in [-0.25, -0.2) is 0 Å². The molecule has 25 heavy (non-hydrogen) atoms. The molecule has 3 atom stereocenters. The summed E-state index contributed by atoms with van der Waals surface area (Å²) in [6.07, 6.45) is 5.32. The maximum atomic E-state index is 11.4. The molecule has 5 nitrogen and oxygen atoms in total. The van der Waals surface area contributed by atoms with Gasteiger partial charge in [0.1, 0.15) is 0 Å². The second-order valence-electron chi connectivity index (χ2n) is 6.40. The Labute approximate surface area is 150 Å². The number of ether oxygens (including phenoxy) is 1. The molecule has 128 valence electrons. The normalized spacial score (nSPS) is 23.5. The molecule has 0 bridgehead atoms. The lowest BCUT2D eigenvalue weighted by molar-refractivity contribution is -0.385. The molecule has 0 fully saturated rings. The van der Waals surface area contributed by atoms with Crippen LogP contribution < -0.4 is 10.1 Å². The second-order valence-corrected chi connectivity index (χ2v) is 6.83. The third-order valence-corrected chi connectivity index (χ3v) is 5.32. The number of rotatable bonds is 3. The number of allylic oxidation sites excluding steroid dienone is 2. The molecule has 0 amide bonds. The standard InChI is InChI=1S/C19H17ClN2O3/c1-25-18-8-5-11(9-17(18)22(23)24)19-14-4-2-3-13(14)15-10-12(20)6-7-16(15)21-19/h2-3,5-10,13-14,19,21H,4H2,1H3/t13-,14-,19+/m1/s1. The first-order valence-corrected chi connectivity index (χ1v) is 8.51. The van der Waals surface area contributed by atoms with Crippen LogP contribution in [0.1, 0.15) is 29.5 Å². The van der Waals surface area contributed by atoms with E-state index in [1.807, 2.05) is 24.3 Å². The molecule has 1 heterocycles. The maximum absolute atomic E-state index is 11.4. The number of nitro benzene ring substituents is 1. The van der Waals surface area contributed by atoms with E-state index in [1.54, 1.807) is 12.1 Å². The van der Waals surface area contributed by atoms with E-state index in [0.29, 0.717) is 5.92 Å². The summed E-state index contributed by atoms with van der Waals surface area (Å²) in [6.45, 7) is 0. The summed E-state index contributed by atoms with van der Waals surface area (Å²) in [7, 11) is 1.44. The van der Waals surface area contributed by atoms with E-state index in [1.165, 1.54) is 12.7 Å². The minimum atomic E-state index is -0.400. The highest BCUT2D eigenvalue weighted by Crippen LogP contribution is 2.50. The van der Waals surface area contributed by atoms with Crippen molar-refractivity contribution in [2.24, 2.45) is 5.92 Å². The van der Waals surface area contributed by atoms with Gasteiger partial charge in [-0.05, 0) is 47.7 Å². The van der Waals surface area contributed by atoms with Crippen LogP contribution in [0.2, 0.25) is 5.02 Å². The van der Waals surface area contributed by atoms with Crippen molar-refractivity contribution < 1.29 is 9.66 Å². The van der Waals surface area contributed by atoms with Gasteiger partial charge < -0.3 is 10.1 Å². The molecule has 0 saturated heterocycles. The number of benzene rings is 2. The highest BCUT2D eigenvalue weighted by Gasteiger charge is 2.38. The Balaban J connectivity index is 1.78. The lowest BCUT2D eigenvalue weighted by Gasteiger charge is -2.37. The summed E-state index contributed by atoms with van der Waals surface area (Å²) in [5.74, 6) is 0.845. The van der Waals surface area contributed by atoms with Gasteiger partial charge in [0.25, 0.3) is 0 Å². The predicted molar refractivity (Wildman–Crippen MR) is 97.5 cm³/mol. The summed E-state index contributed by atoms with van der Waals surface area (Å²) in [5.41, 5.74) is 3.10. The largest absolute Gasteiger partial charge is 0.490 e. The highest BCUT2D eigenvalue weighted by molar-refractivity contribution is 6.30. The van der Waals surface area contributed by atoms with Gasteiger partial charge >= 0.3 is 5.69 Å². The third-order valence-electron chi connectivity index (χ3n) is 5.08. The molecule has 2 aromatic rings. The van der Waals surface area contributed by atoms with Crippen molar-refractivity contribution in [2.45, 2.75) is 18.4 Å². The minimum absolute atomic E-state index is 0.00159. The zero-order chi connectivity index (χ0) is 17.6. The summed E-state index contributed by atoms with van der Waals surface area (Å²) in [6, 6.07) is 11.0. The topological polar surface area (TPSA) is 64.4 Å². The molecule has 0 radical (unpaired) electrons. The first kappa shape index (κ1) is 16.0. The van der Waals surface area contributed by atoms with Crippen LogP contribution in [0, 0.1) is 16.0 Å². The van der Waals surface area contributed by atoms with Gasteiger partial charge in [0.2, 0.25) is 0 Å². The minimum Gasteiger partial charge on any atom is -0.490 e. The Bertz CT molecular complexity index is 881. The average Bonchev–Trinajstić information content (AvgIpc) is 3.10. The van der Waals surface area contributed by atoms with E-state index in [4.69, 9.17) is 16.3 Å². The van der Waals surface area contributed by atoms with E-state index in [0.717, 1.165) is 22.7 Å². The van der Waals surface area contributed by atoms with E-state index in [2.05, 4.69) is 17.5 Å². The number of nitro groups is 1.